The second-order valence-corrected chi connectivity index (χ2v) is 7.96. The first-order valence-corrected chi connectivity index (χ1v) is 9.83. The molecular formula is C19H36N2. The minimum atomic E-state index is 0.810. The van der Waals surface area contributed by atoms with Crippen LogP contribution in [0, 0.1) is 17.8 Å². The molecule has 1 saturated heterocycles. The molecule has 2 saturated carbocycles. The molecule has 3 unspecified atom stereocenters. The van der Waals surface area contributed by atoms with E-state index < -0.39 is 0 Å². The molecule has 122 valence electrons. The summed E-state index contributed by atoms with van der Waals surface area (Å²) in [5, 5.41) is 7.79. The average Bonchev–Trinajstić information content (AvgIpc) is 3.03. The first-order valence-electron chi connectivity index (χ1n) is 9.83. The average molecular weight is 293 g/mol. The van der Waals surface area contributed by atoms with Crippen LogP contribution in [0.25, 0.3) is 0 Å². The molecule has 2 N–H and O–H groups in total. The third-order valence-corrected chi connectivity index (χ3v) is 6.65. The molecule has 3 fully saturated rings. The van der Waals surface area contributed by atoms with Gasteiger partial charge in [-0.3, -0.25) is 0 Å². The van der Waals surface area contributed by atoms with E-state index in [-0.39, 0.29) is 0 Å². The summed E-state index contributed by atoms with van der Waals surface area (Å²) in [4.78, 5) is 0. The fourth-order valence-electron chi connectivity index (χ4n) is 5.13. The predicted molar refractivity (Wildman–Crippen MR) is 90.5 cm³/mol. The van der Waals surface area contributed by atoms with E-state index in [1.807, 2.05) is 0 Å². The Kier molecular flexibility index (Phi) is 5.99. The van der Waals surface area contributed by atoms with Crippen molar-refractivity contribution in [3.8, 4) is 0 Å². The molecular weight excluding hydrogens is 256 g/mol. The molecule has 2 aliphatic carbocycles. The topological polar surface area (TPSA) is 24.1 Å². The fourth-order valence-corrected chi connectivity index (χ4v) is 5.13. The lowest BCUT2D eigenvalue weighted by molar-refractivity contribution is 0.226. The lowest BCUT2D eigenvalue weighted by atomic mass is 9.80. The second kappa shape index (κ2) is 7.97. The van der Waals surface area contributed by atoms with E-state index in [2.05, 4.69) is 17.6 Å². The first kappa shape index (κ1) is 15.8. The van der Waals surface area contributed by atoms with Crippen LogP contribution in [0.15, 0.2) is 0 Å². The van der Waals surface area contributed by atoms with E-state index in [4.69, 9.17) is 0 Å². The molecule has 0 aromatic heterocycles. The van der Waals surface area contributed by atoms with Crippen LogP contribution in [-0.2, 0) is 0 Å². The maximum absolute atomic E-state index is 3.99. The van der Waals surface area contributed by atoms with Gasteiger partial charge >= 0.3 is 0 Å². The van der Waals surface area contributed by atoms with Crippen molar-refractivity contribution in [3.05, 3.63) is 0 Å². The Hall–Kier alpha value is -0.0800. The Balaban J connectivity index is 1.41. The molecule has 3 rings (SSSR count). The van der Waals surface area contributed by atoms with Crippen molar-refractivity contribution >= 4 is 0 Å². The van der Waals surface area contributed by atoms with Gasteiger partial charge in [-0.25, -0.2) is 0 Å². The summed E-state index contributed by atoms with van der Waals surface area (Å²) in [6.07, 6.45) is 15.9. The fraction of sp³-hybridized carbons (Fsp3) is 1.00. The highest BCUT2D eigenvalue weighted by Crippen LogP contribution is 2.33. The summed E-state index contributed by atoms with van der Waals surface area (Å²) in [6.45, 7) is 4.92. The third kappa shape index (κ3) is 4.22. The number of hydrogen-bond donors (Lipinski definition) is 2. The maximum atomic E-state index is 3.99. The maximum Gasteiger partial charge on any atom is 0.0110 e. The van der Waals surface area contributed by atoms with Gasteiger partial charge < -0.3 is 10.6 Å². The van der Waals surface area contributed by atoms with Gasteiger partial charge in [0.05, 0.1) is 0 Å². The molecule has 2 nitrogen and oxygen atoms in total. The van der Waals surface area contributed by atoms with Crippen molar-refractivity contribution in [3.63, 3.8) is 0 Å². The quantitative estimate of drug-likeness (QED) is 0.797. The van der Waals surface area contributed by atoms with Gasteiger partial charge in [0.15, 0.2) is 0 Å². The number of nitrogens with one attached hydrogen (secondary N) is 2. The number of hydrogen-bond acceptors (Lipinski definition) is 2. The third-order valence-electron chi connectivity index (χ3n) is 6.65. The standard InChI is InChI=1S/C19H36N2/c1-2-15-9-11-16(12-10-15)14-21-19-8-5-6-17(19)18-7-3-4-13-20-18/h15-21H,2-14H2,1H3. The van der Waals surface area contributed by atoms with Gasteiger partial charge in [-0.15, -0.1) is 0 Å². The Morgan fingerprint density at radius 3 is 2.38 bits per heavy atom. The molecule has 1 heterocycles. The molecule has 0 spiro atoms. The number of piperidine rings is 1. The lowest BCUT2D eigenvalue weighted by Gasteiger charge is -2.34. The van der Waals surface area contributed by atoms with Crippen LogP contribution in [0.2, 0.25) is 0 Å². The zero-order valence-electron chi connectivity index (χ0n) is 14.1. The molecule has 3 aliphatic rings. The van der Waals surface area contributed by atoms with Crippen molar-refractivity contribution in [2.45, 2.75) is 89.6 Å². The summed E-state index contributed by atoms with van der Waals surface area (Å²) in [6, 6.07) is 1.62. The minimum absolute atomic E-state index is 0.810. The van der Waals surface area contributed by atoms with E-state index >= 15 is 0 Å². The number of rotatable bonds is 5. The van der Waals surface area contributed by atoms with Gasteiger partial charge in [0, 0.05) is 12.1 Å². The molecule has 2 heteroatoms. The summed E-state index contributed by atoms with van der Waals surface area (Å²) in [5.41, 5.74) is 0. The van der Waals surface area contributed by atoms with Crippen molar-refractivity contribution in [2.75, 3.05) is 13.1 Å². The van der Waals surface area contributed by atoms with Crippen LogP contribution in [0.3, 0.4) is 0 Å². The van der Waals surface area contributed by atoms with Crippen LogP contribution >= 0.6 is 0 Å². The van der Waals surface area contributed by atoms with Crippen LogP contribution < -0.4 is 10.6 Å². The summed E-state index contributed by atoms with van der Waals surface area (Å²) in [5.74, 6) is 2.91. The van der Waals surface area contributed by atoms with Crippen molar-refractivity contribution in [1.82, 2.24) is 10.6 Å². The Labute approximate surface area is 131 Å². The Morgan fingerprint density at radius 2 is 1.67 bits per heavy atom. The van der Waals surface area contributed by atoms with Gasteiger partial charge in [0.1, 0.15) is 0 Å². The highest BCUT2D eigenvalue weighted by Gasteiger charge is 2.34. The first-order chi connectivity index (χ1) is 10.4. The Morgan fingerprint density at radius 1 is 0.857 bits per heavy atom. The molecule has 0 amide bonds. The molecule has 0 radical (unpaired) electrons. The molecule has 0 aromatic rings. The molecule has 0 aromatic carbocycles. The van der Waals surface area contributed by atoms with Gasteiger partial charge in [-0.2, -0.15) is 0 Å². The summed E-state index contributed by atoms with van der Waals surface area (Å²) in [7, 11) is 0. The van der Waals surface area contributed by atoms with Crippen molar-refractivity contribution in [1.29, 1.82) is 0 Å². The van der Waals surface area contributed by atoms with Gasteiger partial charge in [0.2, 0.25) is 0 Å². The van der Waals surface area contributed by atoms with E-state index in [0.29, 0.717) is 0 Å². The molecule has 1 aliphatic heterocycles. The van der Waals surface area contributed by atoms with E-state index in [1.165, 1.54) is 83.7 Å². The van der Waals surface area contributed by atoms with Crippen molar-refractivity contribution in [2.24, 2.45) is 17.8 Å². The highest BCUT2D eigenvalue weighted by atomic mass is 15.0. The van der Waals surface area contributed by atoms with Crippen LogP contribution in [0.1, 0.15) is 77.6 Å². The normalized spacial score (nSPS) is 41.3. The molecule has 0 bridgehead atoms. The smallest absolute Gasteiger partial charge is 0.0110 e. The van der Waals surface area contributed by atoms with Gasteiger partial charge in [-0.05, 0) is 69.4 Å². The Bertz CT molecular complexity index is 290. The lowest BCUT2D eigenvalue weighted by Crippen LogP contribution is -2.47. The highest BCUT2D eigenvalue weighted by molar-refractivity contribution is 4.92. The van der Waals surface area contributed by atoms with E-state index in [9.17, 15) is 0 Å². The van der Waals surface area contributed by atoms with E-state index in [0.717, 1.165) is 29.8 Å². The molecule has 21 heavy (non-hydrogen) atoms. The minimum Gasteiger partial charge on any atom is -0.314 e. The summed E-state index contributed by atoms with van der Waals surface area (Å²) >= 11 is 0. The SMILES string of the molecule is CCC1CCC(CNC2CCCC2C2CCCCN2)CC1. The summed E-state index contributed by atoms with van der Waals surface area (Å²) < 4.78 is 0. The van der Waals surface area contributed by atoms with Crippen LogP contribution in [0.4, 0.5) is 0 Å². The van der Waals surface area contributed by atoms with Crippen LogP contribution in [0.5, 0.6) is 0 Å². The van der Waals surface area contributed by atoms with Crippen molar-refractivity contribution < 1.29 is 0 Å². The van der Waals surface area contributed by atoms with E-state index in [1.54, 1.807) is 0 Å². The van der Waals surface area contributed by atoms with Crippen LogP contribution in [-0.4, -0.2) is 25.2 Å². The second-order valence-electron chi connectivity index (χ2n) is 7.96. The largest absolute Gasteiger partial charge is 0.314 e. The zero-order valence-corrected chi connectivity index (χ0v) is 14.1. The van der Waals surface area contributed by atoms with Gasteiger partial charge in [0.25, 0.3) is 0 Å². The zero-order chi connectivity index (χ0) is 14.5. The molecule has 3 atom stereocenters. The van der Waals surface area contributed by atoms with Gasteiger partial charge in [-0.1, -0.05) is 39.0 Å². The predicted octanol–water partition coefficient (Wildman–Crippen LogP) is 4.10. The monoisotopic (exact) mass is 292 g/mol.